The molecular weight excluding hydrogens is 198 g/mol. The van der Waals surface area contributed by atoms with Crippen LogP contribution in [-0.2, 0) is 9.53 Å². The normalized spacial score (nSPS) is 12.1. The molecular formula is C10H19NO4. The first-order valence-corrected chi connectivity index (χ1v) is 5.28. The van der Waals surface area contributed by atoms with Crippen LogP contribution in [0, 0.1) is 16.0 Å². The lowest BCUT2D eigenvalue weighted by Crippen LogP contribution is -2.18. The molecule has 0 N–H and O–H groups in total. The van der Waals surface area contributed by atoms with Crippen LogP contribution in [0.5, 0.6) is 0 Å². The highest BCUT2D eigenvalue weighted by Crippen LogP contribution is 2.14. The van der Waals surface area contributed by atoms with Crippen molar-refractivity contribution in [1.82, 2.24) is 0 Å². The number of methoxy groups -OCH3 is 1. The van der Waals surface area contributed by atoms with Gasteiger partial charge in [0.1, 0.15) is 0 Å². The van der Waals surface area contributed by atoms with E-state index in [0.29, 0.717) is 0 Å². The summed E-state index contributed by atoms with van der Waals surface area (Å²) in [6.45, 7) is 1.93. The van der Waals surface area contributed by atoms with E-state index in [2.05, 4.69) is 11.7 Å². The molecule has 0 spiro atoms. The summed E-state index contributed by atoms with van der Waals surface area (Å²) in [5.74, 6) is -0.544. The summed E-state index contributed by atoms with van der Waals surface area (Å²) in [7, 11) is 1.30. The van der Waals surface area contributed by atoms with Crippen molar-refractivity contribution in [2.75, 3.05) is 13.7 Å². The molecule has 5 nitrogen and oxygen atoms in total. The third-order valence-corrected chi connectivity index (χ3v) is 2.31. The minimum absolute atomic E-state index is 0.140. The van der Waals surface area contributed by atoms with E-state index in [9.17, 15) is 14.9 Å². The van der Waals surface area contributed by atoms with Gasteiger partial charge < -0.3 is 4.74 Å². The Hall–Kier alpha value is -1.13. The average Bonchev–Trinajstić information content (AvgIpc) is 2.17. The predicted octanol–water partition coefficient (Wildman–Crippen LogP) is 2.02. The van der Waals surface area contributed by atoms with Crippen molar-refractivity contribution in [1.29, 1.82) is 0 Å². The van der Waals surface area contributed by atoms with Gasteiger partial charge in [0.2, 0.25) is 6.54 Å². The Morgan fingerprint density at radius 2 is 2.13 bits per heavy atom. The Morgan fingerprint density at radius 1 is 1.47 bits per heavy atom. The van der Waals surface area contributed by atoms with Gasteiger partial charge in [-0.15, -0.1) is 0 Å². The molecule has 1 unspecified atom stereocenters. The standard InChI is InChI=1S/C10H19NO4/c1-3-4-5-6-9(8-11(13)14)7-10(12)15-2/h9H,3-8H2,1-2H3. The first-order chi connectivity index (χ1) is 7.10. The molecule has 0 aromatic rings. The number of unbranched alkanes of at least 4 members (excludes halogenated alkanes) is 2. The average molecular weight is 217 g/mol. The molecule has 0 aromatic heterocycles. The van der Waals surface area contributed by atoms with Gasteiger partial charge in [0.05, 0.1) is 13.5 Å². The van der Waals surface area contributed by atoms with Gasteiger partial charge in [-0.05, 0) is 6.42 Å². The summed E-state index contributed by atoms with van der Waals surface area (Å²) in [4.78, 5) is 21.0. The van der Waals surface area contributed by atoms with Crippen molar-refractivity contribution in [2.24, 2.45) is 5.92 Å². The van der Waals surface area contributed by atoms with Crippen LogP contribution in [0.4, 0.5) is 0 Å². The Kier molecular flexibility index (Phi) is 7.58. The number of hydrogen-bond donors (Lipinski definition) is 0. The fraction of sp³-hybridized carbons (Fsp3) is 0.900. The minimum Gasteiger partial charge on any atom is -0.469 e. The number of nitrogens with zero attached hydrogens (tertiary/aromatic N) is 1. The van der Waals surface area contributed by atoms with Crippen molar-refractivity contribution in [3.63, 3.8) is 0 Å². The Labute approximate surface area is 90.0 Å². The predicted molar refractivity (Wildman–Crippen MR) is 56.1 cm³/mol. The quantitative estimate of drug-likeness (QED) is 0.270. The van der Waals surface area contributed by atoms with Gasteiger partial charge >= 0.3 is 5.97 Å². The lowest BCUT2D eigenvalue weighted by atomic mass is 9.98. The van der Waals surface area contributed by atoms with E-state index in [1.807, 2.05) is 0 Å². The monoisotopic (exact) mass is 217 g/mol. The molecule has 1 atom stereocenters. The fourth-order valence-electron chi connectivity index (χ4n) is 1.47. The number of carbonyl (C=O) groups excluding carboxylic acids is 1. The van der Waals surface area contributed by atoms with E-state index >= 15 is 0 Å². The maximum absolute atomic E-state index is 11.0. The molecule has 0 radical (unpaired) electrons. The lowest BCUT2D eigenvalue weighted by molar-refractivity contribution is -0.488. The fourth-order valence-corrected chi connectivity index (χ4v) is 1.47. The molecule has 15 heavy (non-hydrogen) atoms. The van der Waals surface area contributed by atoms with Crippen LogP contribution in [0.2, 0.25) is 0 Å². The molecule has 0 aliphatic heterocycles. The molecule has 5 heteroatoms. The number of carbonyl (C=O) groups is 1. The zero-order chi connectivity index (χ0) is 11.7. The maximum Gasteiger partial charge on any atom is 0.306 e. The molecule has 0 fully saturated rings. The van der Waals surface area contributed by atoms with Crippen LogP contribution in [-0.4, -0.2) is 24.5 Å². The minimum atomic E-state index is -0.363. The van der Waals surface area contributed by atoms with Crippen molar-refractivity contribution in [3.05, 3.63) is 10.1 Å². The van der Waals surface area contributed by atoms with E-state index in [-0.39, 0.29) is 29.8 Å². The first-order valence-electron chi connectivity index (χ1n) is 5.28. The van der Waals surface area contributed by atoms with Gasteiger partial charge in [0.15, 0.2) is 0 Å². The molecule has 0 amide bonds. The largest absolute Gasteiger partial charge is 0.469 e. The van der Waals surface area contributed by atoms with Gasteiger partial charge in [-0.25, -0.2) is 0 Å². The summed E-state index contributed by atoms with van der Waals surface area (Å²) in [5.41, 5.74) is 0. The topological polar surface area (TPSA) is 69.4 Å². The summed E-state index contributed by atoms with van der Waals surface area (Å²) in [6, 6.07) is 0. The van der Waals surface area contributed by atoms with E-state index < -0.39 is 0 Å². The highest BCUT2D eigenvalue weighted by atomic mass is 16.6. The number of nitro groups is 1. The van der Waals surface area contributed by atoms with Crippen LogP contribution >= 0.6 is 0 Å². The maximum atomic E-state index is 11.0. The molecule has 0 aliphatic rings. The summed E-state index contributed by atoms with van der Waals surface area (Å²) < 4.78 is 4.51. The van der Waals surface area contributed by atoms with Crippen LogP contribution in [0.15, 0.2) is 0 Å². The Balaban J connectivity index is 3.94. The third-order valence-electron chi connectivity index (χ3n) is 2.31. The molecule has 0 aliphatic carbocycles. The Bertz CT molecular complexity index is 206. The zero-order valence-electron chi connectivity index (χ0n) is 9.40. The summed E-state index contributed by atoms with van der Waals surface area (Å²) in [5, 5.41) is 10.4. The summed E-state index contributed by atoms with van der Waals surface area (Å²) in [6.07, 6.45) is 3.94. The Morgan fingerprint density at radius 3 is 2.60 bits per heavy atom. The third kappa shape index (κ3) is 7.90. The van der Waals surface area contributed by atoms with E-state index in [1.165, 1.54) is 7.11 Å². The van der Waals surface area contributed by atoms with Gasteiger partial charge in [-0.1, -0.05) is 26.2 Å². The van der Waals surface area contributed by atoms with Crippen molar-refractivity contribution in [3.8, 4) is 0 Å². The molecule has 0 heterocycles. The van der Waals surface area contributed by atoms with Crippen LogP contribution in [0.25, 0.3) is 0 Å². The molecule has 0 saturated heterocycles. The number of esters is 1. The lowest BCUT2D eigenvalue weighted by Gasteiger charge is -2.10. The highest BCUT2D eigenvalue weighted by molar-refractivity contribution is 5.69. The van der Waals surface area contributed by atoms with Gasteiger partial charge in [-0.3, -0.25) is 14.9 Å². The summed E-state index contributed by atoms with van der Waals surface area (Å²) >= 11 is 0. The molecule has 0 aromatic carbocycles. The van der Waals surface area contributed by atoms with Crippen molar-refractivity contribution >= 4 is 5.97 Å². The molecule has 0 bridgehead atoms. The molecule has 88 valence electrons. The van der Waals surface area contributed by atoms with Gasteiger partial charge in [0.25, 0.3) is 0 Å². The second kappa shape index (κ2) is 8.20. The van der Waals surface area contributed by atoms with Crippen LogP contribution < -0.4 is 0 Å². The number of hydrogen-bond acceptors (Lipinski definition) is 4. The molecule has 0 rings (SSSR count). The van der Waals surface area contributed by atoms with Crippen molar-refractivity contribution < 1.29 is 14.5 Å². The van der Waals surface area contributed by atoms with Crippen LogP contribution in [0.1, 0.15) is 39.0 Å². The van der Waals surface area contributed by atoms with E-state index in [1.54, 1.807) is 0 Å². The smallest absolute Gasteiger partial charge is 0.306 e. The SMILES string of the molecule is CCCCCC(CC(=O)OC)C[N+](=O)[O-]. The number of ether oxygens (including phenoxy) is 1. The zero-order valence-corrected chi connectivity index (χ0v) is 9.40. The van der Waals surface area contributed by atoms with Crippen molar-refractivity contribution in [2.45, 2.75) is 39.0 Å². The van der Waals surface area contributed by atoms with Crippen LogP contribution in [0.3, 0.4) is 0 Å². The second-order valence-corrected chi connectivity index (χ2v) is 3.66. The van der Waals surface area contributed by atoms with Gasteiger partial charge in [0, 0.05) is 10.8 Å². The highest BCUT2D eigenvalue weighted by Gasteiger charge is 2.19. The first kappa shape index (κ1) is 13.9. The molecule has 0 saturated carbocycles. The van der Waals surface area contributed by atoms with E-state index in [0.717, 1.165) is 25.7 Å². The van der Waals surface area contributed by atoms with Gasteiger partial charge in [-0.2, -0.15) is 0 Å². The number of rotatable bonds is 8. The van der Waals surface area contributed by atoms with E-state index in [4.69, 9.17) is 0 Å². The second-order valence-electron chi connectivity index (χ2n) is 3.66.